The summed E-state index contributed by atoms with van der Waals surface area (Å²) in [5, 5.41) is 18.2. The number of rotatable bonds is 22. The molecule has 3 unspecified atom stereocenters. The monoisotopic (exact) mass is 773 g/mol. The molecule has 11 nitrogen and oxygen atoms in total. The summed E-state index contributed by atoms with van der Waals surface area (Å²) in [6.07, 6.45) is 3.63. The summed E-state index contributed by atoms with van der Waals surface area (Å²) in [5.41, 5.74) is 6.32. The second-order valence-electron chi connectivity index (χ2n) is 13.8. The Balaban J connectivity index is 1.04. The largest absolute Gasteiger partial charge is 0.489 e. The summed E-state index contributed by atoms with van der Waals surface area (Å²) in [6, 6.07) is 31.8. The Bertz CT molecular complexity index is 1920. The van der Waals surface area contributed by atoms with Gasteiger partial charge in [0.05, 0.1) is 25.1 Å². The minimum atomic E-state index is -0.989. The van der Waals surface area contributed by atoms with Gasteiger partial charge in [-0.3, -0.25) is 9.59 Å². The predicted molar refractivity (Wildman–Crippen MR) is 218 cm³/mol. The molecule has 0 aromatic heterocycles. The molecule has 0 radical (unpaired) electrons. The van der Waals surface area contributed by atoms with E-state index < -0.39 is 41.9 Å². The SMILES string of the molecule is C=CCCC(NC(=O)OCC1c2ccccc2-c2ccccc21)C(=O)OCCNC(=O)C(CC=C)CC(=O)NC(CO)Cc1ccc(OCc2ccccc2)cc1. The van der Waals surface area contributed by atoms with Gasteiger partial charge >= 0.3 is 12.1 Å². The number of esters is 1. The lowest BCUT2D eigenvalue weighted by molar-refractivity contribution is -0.146. The van der Waals surface area contributed by atoms with Crippen LogP contribution in [0.2, 0.25) is 0 Å². The summed E-state index contributed by atoms with van der Waals surface area (Å²) in [6.45, 7) is 7.52. The highest BCUT2D eigenvalue weighted by Gasteiger charge is 2.30. The minimum absolute atomic E-state index is 0.0106. The van der Waals surface area contributed by atoms with Gasteiger partial charge in [-0.05, 0) is 71.2 Å². The van der Waals surface area contributed by atoms with Gasteiger partial charge in [-0.15, -0.1) is 13.2 Å². The van der Waals surface area contributed by atoms with Crippen molar-refractivity contribution in [2.75, 3.05) is 26.4 Å². The average Bonchev–Trinajstić information content (AvgIpc) is 3.56. The van der Waals surface area contributed by atoms with Gasteiger partial charge in [0.25, 0.3) is 0 Å². The third-order valence-corrected chi connectivity index (χ3v) is 9.72. The summed E-state index contributed by atoms with van der Waals surface area (Å²) in [4.78, 5) is 52.0. The van der Waals surface area contributed by atoms with Crippen LogP contribution < -0.4 is 20.7 Å². The molecule has 1 aliphatic rings. The Morgan fingerprint density at radius 1 is 0.772 bits per heavy atom. The van der Waals surface area contributed by atoms with Gasteiger partial charge in [-0.25, -0.2) is 9.59 Å². The molecule has 298 valence electrons. The molecule has 4 aromatic rings. The normalized spacial score (nSPS) is 13.1. The van der Waals surface area contributed by atoms with Crippen LogP contribution in [0.1, 0.15) is 53.9 Å². The Kier molecular flexibility index (Phi) is 16.0. The molecule has 0 heterocycles. The van der Waals surface area contributed by atoms with Crippen molar-refractivity contribution in [1.82, 2.24) is 16.0 Å². The molecule has 0 spiro atoms. The fraction of sp³-hybridized carbons (Fsp3) is 0.304. The Labute approximate surface area is 334 Å². The Hall–Kier alpha value is -6.20. The van der Waals surface area contributed by atoms with E-state index in [1.807, 2.05) is 91.0 Å². The number of amides is 3. The fourth-order valence-corrected chi connectivity index (χ4v) is 6.79. The Morgan fingerprint density at radius 2 is 1.44 bits per heavy atom. The molecule has 1 aliphatic carbocycles. The van der Waals surface area contributed by atoms with E-state index in [0.29, 0.717) is 25.2 Å². The maximum Gasteiger partial charge on any atom is 0.407 e. The van der Waals surface area contributed by atoms with Crippen molar-refractivity contribution in [3.63, 3.8) is 0 Å². The van der Waals surface area contributed by atoms with Crippen LogP contribution in [0.3, 0.4) is 0 Å². The molecule has 0 bridgehead atoms. The molecule has 3 atom stereocenters. The van der Waals surface area contributed by atoms with E-state index in [1.54, 1.807) is 12.2 Å². The van der Waals surface area contributed by atoms with E-state index in [1.165, 1.54) is 0 Å². The van der Waals surface area contributed by atoms with Crippen LogP contribution in [-0.2, 0) is 36.9 Å². The highest BCUT2D eigenvalue weighted by Crippen LogP contribution is 2.44. The van der Waals surface area contributed by atoms with Crippen LogP contribution >= 0.6 is 0 Å². The lowest BCUT2D eigenvalue weighted by atomic mass is 9.98. The summed E-state index contributed by atoms with van der Waals surface area (Å²) < 4.78 is 16.9. The number of aliphatic hydroxyl groups is 1. The lowest BCUT2D eigenvalue weighted by Crippen LogP contribution is -2.43. The zero-order chi connectivity index (χ0) is 40.4. The number of allylic oxidation sites excluding steroid dienone is 2. The van der Waals surface area contributed by atoms with Crippen molar-refractivity contribution in [2.45, 2.75) is 56.7 Å². The first-order chi connectivity index (χ1) is 27.8. The van der Waals surface area contributed by atoms with Crippen molar-refractivity contribution in [3.8, 4) is 16.9 Å². The molecule has 4 aromatic carbocycles. The van der Waals surface area contributed by atoms with Crippen LogP contribution in [-0.4, -0.2) is 67.4 Å². The number of hydrogen-bond acceptors (Lipinski definition) is 8. The fourth-order valence-electron chi connectivity index (χ4n) is 6.79. The molecule has 0 saturated carbocycles. The van der Waals surface area contributed by atoms with Crippen molar-refractivity contribution in [1.29, 1.82) is 0 Å². The number of aliphatic hydroxyl groups excluding tert-OH is 1. The predicted octanol–water partition coefficient (Wildman–Crippen LogP) is 6.40. The van der Waals surface area contributed by atoms with Crippen LogP contribution in [0, 0.1) is 5.92 Å². The van der Waals surface area contributed by atoms with Crippen molar-refractivity contribution in [3.05, 3.63) is 151 Å². The zero-order valence-corrected chi connectivity index (χ0v) is 32.1. The number of carbonyl (C=O) groups is 4. The van der Waals surface area contributed by atoms with Crippen LogP contribution in [0.4, 0.5) is 4.79 Å². The highest BCUT2D eigenvalue weighted by atomic mass is 16.6. The minimum Gasteiger partial charge on any atom is -0.489 e. The number of nitrogens with one attached hydrogen (secondary N) is 3. The molecule has 4 N–H and O–H groups in total. The quantitative estimate of drug-likeness (QED) is 0.0407. The summed E-state index contributed by atoms with van der Waals surface area (Å²) in [5.74, 6) is -1.63. The second kappa shape index (κ2) is 21.8. The van der Waals surface area contributed by atoms with E-state index in [4.69, 9.17) is 14.2 Å². The van der Waals surface area contributed by atoms with E-state index in [0.717, 1.165) is 33.4 Å². The topological polar surface area (TPSA) is 152 Å². The van der Waals surface area contributed by atoms with Crippen LogP contribution in [0.15, 0.2) is 128 Å². The third kappa shape index (κ3) is 12.4. The van der Waals surface area contributed by atoms with E-state index in [-0.39, 0.29) is 51.5 Å². The lowest BCUT2D eigenvalue weighted by Gasteiger charge is -2.20. The van der Waals surface area contributed by atoms with Gasteiger partial charge in [0, 0.05) is 12.3 Å². The molecule has 5 rings (SSSR count). The number of benzene rings is 4. The first kappa shape index (κ1) is 42.0. The number of alkyl carbamates (subject to hydrolysis) is 1. The van der Waals surface area contributed by atoms with Crippen molar-refractivity contribution in [2.24, 2.45) is 5.92 Å². The van der Waals surface area contributed by atoms with Gasteiger partial charge in [-0.1, -0.05) is 103 Å². The average molecular weight is 774 g/mol. The second-order valence-corrected chi connectivity index (χ2v) is 13.8. The van der Waals surface area contributed by atoms with E-state index >= 15 is 0 Å². The van der Waals surface area contributed by atoms with Crippen molar-refractivity contribution >= 4 is 23.9 Å². The highest BCUT2D eigenvalue weighted by molar-refractivity contribution is 5.86. The third-order valence-electron chi connectivity index (χ3n) is 9.72. The smallest absolute Gasteiger partial charge is 0.407 e. The number of fused-ring (bicyclic) bond motifs is 3. The zero-order valence-electron chi connectivity index (χ0n) is 32.1. The summed E-state index contributed by atoms with van der Waals surface area (Å²) in [7, 11) is 0. The molecule has 0 aliphatic heterocycles. The van der Waals surface area contributed by atoms with E-state index in [9.17, 15) is 24.3 Å². The molecule has 57 heavy (non-hydrogen) atoms. The van der Waals surface area contributed by atoms with Crippen LogP contribution in [0.25, 0.3) is 11.1 Å². The molecular formula is C46H51N3O8. The van der Waals surface area contributed by atoms with Gasteiger partial charge in [0.2, 0.25) is 11.8 Å². The first-order valence-corrected chi connectivity index (χ1v) is 19.2. The van der Waals surface area contributed by atoms with Gasteiger partial charge in [0.1, 0.15) is 31.6 Å². The first-order valence-electron chi connectivity index (χ1n) is 19.2. The number of hydrogen-bond donors (Lipinski definition) is 4. The number of ether oxygens (including phenoxy) is 3. The summed E-state index contributed by atoms with van der Waals surface area (Å²) >= 11 is 0. The molecule has 0 fully saturated rings. The Morgan fingerprint density at radius 3 is 2.09 bits per heavy atom. The maximum atomic E-state index is 13.1. The molecule has 3 amide bonds. The maximum absolute atomic E-state index is 13.1. The van der Waals surface area contributed by atoms with Gasteiger partial charge < -0.3 is 35.3 Å². The molecule has 11 heteroatoms. The number of carbonyl (C=O) groups excluding carboxylic acids is 4. The van der Waals surface area contributed by atoms with E-state index in [2.05, 4.69) is 41.2 Å². The molecule has 0 saturated heterocycles. The standard InChI is InChI=1S/C46H51N3O8/c1-3-5-20-42(49-46(54)57-31-41-39-18-11-9-16-37(39)38-17-10-12-19-40(38)41)45(53)55-26-25-47-44(52)34(13-4-2)28-43(51)48-35(29-50)27-32-21-23-36(24-22-32)56-30-33-14-7-6-8-15-33/h3-4,6-12,14-19,21-24,34-35,41-42,50H,1-2,5,13,20,25-31H2,(H,47,52)(H,48,51)(H,49,54). The molecular weight excluding hydrogens is 723 g/mol. The van der Waals surface area contributed by atoms with Crippen molar-refractivity contribution < 1.29 is 38.5 Å². The van der Waals surface area contributed by atoms with Gasteiger partial charge in [0.15, 0.2) is 0 Å². The van der Waals surface area contributed by atoms with Gasteiger partial charge in [-0.2, -0.15) is 0 Å². The van der Waals surface area contributed by atoms with Crippen LogP contribution in [0.5, 0.6) is 5.75 Å².